The molecule has 0 aromatic carbocycles. The smallest absolute Gasteiger partial charge is 0.239 e. The lowest BCUT2D eigenvalue weighted by molar-refractivity contribution is -0.117. The number of nitrogens with zero attached hydrogens (tertiary/aromatic N) is 1. The predicted molar refractivity (Wildman–Crippen MR) is 32.9 cm³/mol. The molecular formula is C6H9FN2O. The van der Waals surface area contributed by atoms with Gasteiger partial charge in [0.05, 0.1) is 6.07 Å². The molecule has 56 valence electrons. The third-order valence-corrected chi connectivity index (χ3v) is 1.71. The number of methoxy groups -OCH3 is 1. The summed E-state index contributed by atoms with van der Waals surface area (Å²) in [7, 11) is 1.28. The van der Waals surface area contributed by atoms with Crippen LogP contribution in [0.1, 0.15) is 6.42 Å². The first kappa shape index (κ1) is 7.45. The van der Waals surface area contributed by atoms with Crippen molar-refractivity contribution in [2.75, 3.05) is 13.7 Å². The molecular weight excluding hydrogens is 135 g/mol. The van der Waals surface area contributed by atoms with Gasteiger partial charge in [-0.05, 0) is 0 Å². The molecule has 1 aliphatic heterocycles. The number of hydrogen-bond donors (Lipinski definition) is 1. The molecule has 0 bridgehead atoms. The van der Waals surface area contributed by atoms with Crippen LogP contribution in [-0.4, -0.2) is 25.6 Å². The quantitative estimate of drug-likeness (QED) is 0.571. The highest BCUT2D eigenvalue weighted by Crippen LogP contribution is 2.25. The van der Waals surface area contributed by atoms with Crippen LogP contribution in [0.3, 0.4) is 0 Å². The van der Waals surface area contributed by atoms with Crippen LogP contribution in [-0.2, 0) is 4.74 Å². The topological polar surface area (TPSA) is 45.0 Å². The second-order valence-corrected chi connectivity index (χ2v) is 2.26. The molecule has 0 aromatic rings. The lowest BCUT2D eigenvalue weighted by atomic mass is 10.1. The monoisotopic (exact) mass is 144 g/mol. The number of alkyl halides is 1. The van der Waals surface area contributed by atoms with E-state index in [-0.39, 0.29) is 6.42 Å². The van der Waals surface area contributed by atoms with Crippen LogP contribution >= 0.6 is 0 Å². The molecule has 1 aliphatic rings. The molecule has 1 saturated heterocycles. The minimum absolute atomic E-state index is 0.252. The summed E-state index contributed by atoms with van der Waals surface area (Å²) in [4.78, 5) is 0. The van der Waals surface area contributed by atoms with Crippen LogP contribution in [0.5, 0.6) is 0 Å². The Balaban J connectivity index is 2.67. The van der Waals surface area contributed by atoms with E-state index >= 15 is 0 Å². The molecule has 0 amide bonds. The van der Waals surface area contributed by atoms with Crippen molar-refractivity contribution in [3.8, 4) is 6.07 Å². The highest BCUT2D eigenvalue weighted by Gasteiger charge is 2.43. The molecule has 1 rings (SSSR count). The molecule has 0 aromatic heterocycles. The Labute approximate surface area is 58.8 Å². The number of hydrogen-bond acceptors (Lipinski definition) is 3. The summed E-state index contributed by atoms with van der Waals surface area (Å²) in [5, 5.41) is 11.1. The van der Waals surface area contributed by atoms with Gasteiger partial charge in [0.15, 0.2) is 6.04 Å². The summed E-state index contributed by atoms with van der Waals surface area (Å²) < 4.78 is 17.7. The van der Waals surface area contributed by atoms with Crippen LogP contribution in [0.4, 0.5) is 4.39 Å². The molecule has 3 nitrogen and oxygen atoms in total. The summed E-state index contributed by atoms with van der Waals surface area (Å²) in [5.41, 5.74) is 0. The molecule has 0 radical (unpaired) electrons. The first-order chi connectivity index (χ1) is 4.73. The van der Waals surface area contributed by atoms with Gasteiger partial charge in [-0.2, -0.15) is 5.26 Å². The number of ether oxygens (including phenoxy) is 1. The number of nitriles is 1. The minimum Gasteiger partial charge on any atom is -0.347 e. The molecule has 0 aliphatic carbocycles. The first-order valence-corrected chi connectivity index (χ1v) is 3.10. The lowest BCUT2D eigenvalue weighted by Crippen LogP contribution is -2.39. The Hall–Kier alpha value is -0.660. The number of halogens is 1. The number of rotatable bonds is 1. The molecule has 1 N–H and O–H groups in total. The van der Waals surface area contributed by atoms with Gasteiger partial charge in [0, 0.05) is 20.1 Å². The largest absolute Gasteiger partial charge is 0.347 e. The molecule has 0 saturated carbocycles. The molecule has 2 atom stereocenters. The van der Waals surface area contributed by atoms with Crippen molar-refractivity contribution < 1.29 is 9.13 Å². The van der Waals surface area contributed by atoms with Crippen LogP contribution in [0.15, 0.2) is 0 Å². The van der Waals surface area contributed by atoms with Gasteiger partial charge in [-0.1, -0.05) is 0 Å². The third kappa shape index (κ3) is 0.981. The SMILES string of the molecule is COC1(F)CCNC1C#N. The van der Waals surface area contributed by atoms with E-state index in [9.17, 15) is 4.39 Å². The van der Waals surface area contributed by atoms with E-state index in [0.29, 0.717) is 6.54 Å². The fourth-order valence-electron chi connectivity index (χ4n) is 1.05. The van der Waals surface area contributed by atoms with Gasteiger partial charge in [-0.3, -0.25) is 5.32 Å². The zero-order valence-corrected chi connectivity index (χ0v) is 5.72. The van der Waals surface area contributed by atoms with Gasteiger partial charge < -0.3 is 4.74 Å². The Bertz CT molecular complexity index is 168. The number of nitrogens with one attached hydrogen (secondary N) is 1. The molecule has 1 heterocycles. The molecule has 0 spiro atoms. The molecule has 10 heavy (non-hydrogen) atoms. The minimum atomic E-state index is -1.77. The fraction of sp³-hybridized carbons (Fsp3) is 0.833. The summed E-state index contributed by atoms with van der Waals surface area (Å²) in [6.45, 7) is 0.503. The van der Waals surface area contributed by atoms with E-state index in [1.54, 1.807) is 6.07 Å². The molecule has 2 unspecified atom stereocenters. The molecule has 1 fully saturated rings. The standard InChI is InChI=1S/C6H9FN2O/c1-10-6(7)2-3-9-5(6)4-8/h5,9H,2-3H2,1H3. The lowest BCUT2D eigenvalue weighted by Gasteiger charge is -2.19. The summed E-state index contributed by atoms with van der Waals surface area (Å²) in [6.07, 6.45) is 0.252. The summed E-state index contributed by atoms with van der Waals surface area (Å²) in [6, 6.07) is 0.986. The van der Waals surface area contributed by atoms with Crippen molar-refractivity contribution in [1.29, 1.82) is 5.26 Å². The van der Waals surface area contributed by atoms with E-state index < -0.39 is 11.9 Å². The van der Waals surface area contributed by atoms with Gasteiger partial charge in [-0.25, -0.2) is 4.39 Å². The van der Waals surface area contributed by atoms with E-state index in [1.807, 2.05) is 0 Å². The van der Waals surface area contributed by atoms with E-state index in [0.717, 1.165) is 0 Å². The van der Waals surface area contributed by atoms with Gasteiger partial charge >= 0.3 is 0 Å². The van der Waals surface area contributed by atoms with E-state index in [2.05, 4.69) is 10.1 Å². The third-order valence-electron chi connectivity index (χ3n) is 1.71. The van der Waals surface area contributed by atoms with E-state index in [4.69, 9.17) is 5.26 Å². The van der Waals surface area contributed by atoms with Gasteiger partial charge in [0.25, 0.3) is 0 Å². The maximum absolute atomic E-state index is 13.2. The van der Waals surface area contributed by atoms with Gasteiger partial charge in [0.2, 0.25) is 5.85 Å². The second kappa shape index (κ2) is 2.52. The Morgan fingerprint density at radius 1 is 1.90 bits per heavy atom. The predicted octanol–water partition coefficient (Wildman–Crippen LogP) is 0.184. The van der Waals surface area contributed by atoms with Crippen molar-refractivity contribution in [3.05, 3.63) is 0 Å². The highest BCUT2D eigenvalue weighted by molar-refractivity contribution is 5.04. The molecule has 4 heteroatoms. The van der Waals surface area contributed by atoms with Crippen LogP contribution in [0.2, 0.25) is 0 Å². The normalized spacial score (nSPS) is 39.5. The van der Waals surface area contributed by atoms with Gasteiger partial charge in [0.1, 0.15) is 0 Å². The fourth-order valence-corrected chi connectivity index (χ4v) is 1.05. The van der Waals surface area contributed by atoms with Crippen molar-refractivity contribution in [1.82, 2.24) is 5.32 Å². The van der Waals surface area contributed by atoms with Crippen LogP contribution in [0.25, 0.3) is 0 Å². The summed E-state index contributed by atoms with van der Waals surface area (Å²) in [5.74, 6) is -1.77. The van der Waals surface area contributed by atoms with Crippen molar-refractivity contribution >= 4 is 0 Å². The zero-order chi connectivity index (χ0) is 7.61. The average Bonchev–Trinajstić information content (AvgIpc) is 2.32. The average molecular weight is 144 g/mol. The maximum Gasteiger partial charge on any atom is 0.239 e. The van der Waals surface area contributed by atoms with E-state index in [1.165, 1.54) is 7.11 Å². The zero-order valence-electron chi connectivity index (χ0n) is 5.72. The van der Waals surface area contributed by atoms with Crippen molar-refractivity contribution in [3.63, 3.8) is 0 Å². The summed E-state index contributed by atoms with van der Waals surface area (Å²) >= 11 is 0. The highest BCUT2D eigenvalue weighted by atomic mass is 19.2. The van der Waals surface area contributed by atoms with Crippen molar-refractivity contribution in [2.45, 2.75) is 18.3 Å². The van der Waals surface area contributed by atoms with Crippen LogP contribution < -0.4 is 5.32 Å². The van der Waals surface area contributed by atoms with Crippen LogP contribution in [0, 0.1) is 11.3 Å². The Morgan fingerprint density at radius 2 is 2.60 bits per heavy atom. The Kier molecular flexibility index (Phi) is 1.88. The second-order valence-electron chi connectivity index (χ2n) is 2.26. The van der Waals surface area contributed by atoms with Crippen molar-refractivity contribution in [2.24, 2.45) is 0 Å². The van der Waals surface area contributed by atoms with Gasteiger partial charge in [-0.15, -0.1) is 0 Å². The first-order valence-electron chi connectivity index (χ1n) is 3.10. The maximum atomic E-state index is 13.2. The Morgan fingerprint density at radius 3 is 3.00 bits per heavy atom.